The molecule has 0 amide bonds. The quantitative estimate of drug-likeness (QED) is 0.924. The van der Waals surface area contributed by atoms with Crippen molar-refractivity contribution in [3.63, 3.8) is 0 Å². The van der Waals surface area contributed by atoms with Crippen LogP contribution >= 0.6 is 23.3 Å². The first kappa shape index (κ1) is 12.5. The van der Waals surface area contributed by atoms with Crippen molar-refractivity contribution in [3.05, 3.63) is 35.2 Å². The summed E-state index contributed by atoms with van der Waals surface area (Å²) in [4.78, 5) is 5.55. The molecule has 17 heavy (non-hydrogen) atoms. The number of rotatable bonds is 4. The standard InChI is InChI=1S/C12H14N2OS2/c1-3-11-13-12(17-14-11)16-10-5-4-9(7-15)8(2)6-10/h4-6,15H,3,7H2,1-2H3. The Morgan fingerprint density at radius 1 is 1.41 bits per heavy atom. The Morgan fingerprint density at radius 2 is 2.24 bits per heavy atom. The van der Waals surface area contributed by atoms with Crippen LogP contribution in [-0.2, 0) is 13.0 Å². The van der Waals surface area contributed by atoms with Crippen LogP contribution in [0.1, 0.15) is 23.9 Å². The van der Waals surface area contributed by atoms with Crippen LogP contribution in [0.3, 0.4) is 0 Å². The van der Waals surface area contributed by atoms with E-state index in [0.29, 0.717) is 0 Å². The molecule has 1 aromatic heterocycles. The van der Waals surface area contributed by atoms with E-state index in [4.69, 9.17) is 5.11 Å². The van der Waals surface area contributed by atoms with Gasteiger partial charge in [0.05, 0.1) is 6.61 Å². The Hall–Kier alpha value is -0.910. The van der Waals surface area contributed by atoms with E-state index < -0.39 is 0 Å². The lowest BCUT2D eigenvalue weighted by atomic mass is 10.1. The topological polar surface area (TPSA) is 46.0 Å². The molecule has 1 aromatic carbocycles. The summed E-state index contributed by atoms with van der Waals surface area (Å²) in [7, 11) is 0. The summed E-state index contributed by atoms with van der Waals surface area (Å²) >= 11 is 3.06. The van der Waals surface area contributed by atoms with Gasteiger partial charge < -0.3 is 5.11 Å². The molecule has 0 aliphatic heterocycles. The number of aryl methyl sites for hydroxylation is 2. The maximum atomic E-state index is 9.11. The molecule has 0 spiro atoms. The molecule has 2 aromatic rings. The highest BCUT2D eigenvalue weighted by atomic mass is 32.2. The van der Waals surface area contributed by atoms with Crippen LogP contribution in [-0.4, -0.2) is 14.5 Å². The molecule has 3 nitrogen and oxygen atoms in total. The predicted octanol–water partition coefficient (Wildman–Crippen LogP) is 3.05. The highest BCUT2D eigenvalue weighted by molar-refractivity contribution is 8.01. The third-order valence-corrected chi connectivity index (χ3v) is 4.23. The van der Waals surface area contributed by atoms with Gasteiger partial charge in [0.2, 0.25) is 0 Å². The van der Waals surface area contributed by atoms with Crippen molar-refractivity contribution in [1.29, 1.82) is 0 Å². The lowest BCUT2D eigenvalue weighted by molar-refractivity contribution is 0.281. The van der Waals surface area contributed by atoms with Crippen molar-refractivity contribution >= 4 is 23.3 Å². The van der Waals surface area contributed by atoms with Gasteiger partial charge >= 0.3 is 0 Å². The highest BCUT2D eigenvalue weighted by Crippen LogP contribution is 2.30. The summed E-state index contributed by atoms with van der Waals surface area (Å²) in [5, 5.41) is 9.11. The molecule has 0 fully saturated rings. The van der Waals surface area contributed by atoms with Gasteiger partial charge in [-0.1, -0.05) is 24.8 Å². The molecule has 2 rings (SSSR count). The van der Waals surface area contributed by atoms with Gasteiger partial charge in [-0.15, -0.1) is 0 Å². The molecule has 1 heterocycles. The Balaban J connectivity index is 2.15. The molecule has 90 valence electrons. The molecule has 0 saturated heterocycles. The number of nitrogens with zero attached hydrogens (tertiary/aromatic N) is 2. The van der Waals surface area contributed by atoms with E-state index in [1.165, 1.54) is 11.5 Å². The molecule has 0 aliphatic rings. The van der Waals surface area contributed by atoms with Crippen LogP contribution in [0.5, 0.6) is 0 Å². The number of hydrogen-bond acceptors (Lipinski definition) is 5. The Morgan fingerprint density at radius 3 is 2.82 bits per heavy atom. The molecular formula is C12H14N2OS2. The van der Waals surface area contributed by atoms with Crippen LogP contribution in [0.15, 0.2) is 27.4 Å². The van der Waals surface area contributed by atoms with Gasteiger partial charge in [-0.3, -0.25) is 0 Å². The summed E-state index contributed by atoms with van der Waals surface area (Å²) in [6.07, 6.45) is 0.875. The fraction of sp³-hybridized carbons (Fsp3) is 0.333. The fourth-order valence-electron chi connectivity index (χ4n) is 1.43. The van der Waals surface area contributed by atoms with E-state index in [1.54, 1.807) is 11.8 Å². The van der Waals surface area contributed by atoms with Crippen molar-refractivity contribution in [1.82, 2.24) is 9.36 Å². The van der Waals surface area contributed by atoms with E-state index in [1.807, 2.05) is 19.1 Å². The summed E-state index contributed by atoms with van der Waals surface area (Å²) in [6, 6.07) is 6.04. The minimum absolute atomic E-state index is 0.0928. The lowest BCUT2D eigenvalue weighted by Crippen LogP contribution is -1.88. The van der Waals surface area contributed by atoms with Crippen LogP contribution in [0.4, 0.5) is 0 Å². The van der Waals surface area contributed by atoms with Gasteiger partial charge in [-0.25, -0.2) is 4.98 Å². The molecule has 0 radical (unpaired) electrons. The maximum absolute atomic E-state index is 9.11. The van der Waals surface area contributed by atoms with E-state index >= 15 is 0 Å². The Labute approximate surface area is 109 Å². The summed E-state index contributed by atoms with van der Waals surface area (Å²) in [5.41, 5.74) is 2.08. The number of hydrogen-bond donors (Lipinski definition) is 1. The minimum Gasteiger partial charge on any atom is -0.392 e. The first-order valence-electron chi connectivity index (χ1n) is 5.43. The molecule has 5 heteroatoms. The molecular weight excluding hydrogens is 252 g/mol. The molecule has 0 aliphatic carbocycles. The number of aliphatic hydroxyl groups excluding tert-OH is 1. The van der Waals surface area contributed by atoms with Crippen LogP contribution < -0.4 is 0 Å². The fourth-order valence-corrected chi connectivity index (χ4v) is 3.21. The van der Waals surface area contributed by atoms with Crippen molar-refractivity contribution in [2.75, 3.05) is 0 Å². The van der Waals surface area contributed by atoms with E-state index in [-0.39, 0.29) is 6.61 Å². The van der Waals surface area contributed by atoms with Gasteiger partial charge in [0.15, 0.2) is 4.34 Å². The van der Waals surface area contributed by atoms with Crippen LogP contribution in [0, 0.1) is 6.92 Å². The van der Waals surface area contributed by atoms with E-state index in [0.717, 1.165) is 32.6 Å². The second-order valence-electron chi connectivity index (χ2n) is 3.68. The third kappa shape index (κ3) is 3.06. The zero-order valence-corrected chi connectivity index (χ0v) is 11.4. The average Bonchev–Trinajstić information content (AvgIpc) is 2.77. The highest BCUT2D eigenvalue weighted by Gasteiger charge is 2.06. The predicted molar refractivity (Wildman–Crippen MR) is 70.5 cm³/mol. The third-order valence-electron chi connectivity index (χ3n) is 2.46. The zero-order valence-electron chi connectivity index (χ0n) is 9.80. The second-order valence-corrected chi connectivity index (χ2v) is 5.75. The molecule has 0 atom stereocenters. The molecule has 0 unspecified atom stereocenters. The van der Waals surface area contributed by atoms with Crippen LogP contribution in [0.25, 0.3) is 0 Å². The van der Waals surface area contributed by atoms with Crippen LogP contribution in [0.2, 0.25) is 0 Å². The summed E-state index contributed by atoms with van der Waals surface area (Å²) in [6.45, 7) is 4.15. The summed E-state index contributed by atoms with van der Waals surface area (Å²) in [5.74, 6) is 0.904. The van der Waals surface area contributed by atoms with E-state index in [2.05, 4.69) is 22.3 Å². The monoisotopic (exact) mass is 266 g/mol. The Bertz CT molecular complexity index is 511. The van der Waals surface area contributed by atoms with Crippen molar-refractivity contribution in [3.8, 4) is 0 Å². The minimum atomic E-state index is 0.0928. The van der Waals surface area contributed by atoms with Crippen molar-refractivity contribution in [2.24, 2.45) is 0 Å². The molecule has 0 bridgehead atoms. The van der Waals surface area contributed by atoms with Gasteiger partial charge in [0, 0.05) is 11.3 Å². The van der Waals surface area contributed by atoms with Crippen molar-refractivity contribution in [2.45, 2.75) is 36.1 Å². The lowest BCUT2D eigenvalue weighted by Gasteiger charge is -2.04. The smallest absolute Gasteiger partial charge is 0.174 e. The average molecular weight is 266 g/mol. The number of aromatic nitrogens is 2. The normalized spacial score (nSPS) is 10.8. The van der Waals surface area contributed by atoms with Gasteiger partial charge in [-0.2, -0.15) is 4.37 Å². The number of benzene rings is 1. The summed E-state index contributed by atoms with van der Waals surface area (Å²) < 4.78 is 5.23. The Kier molecular flexibility index (Phi) is 4.15. The van der Waals surface area contributed by atoms with E-state index in [9.17, 15) is 0 Å². The van der Waals surface area contributed by atoms with Gasteiger partial charge in [0.25, 0.3) is 0 Å². The largest absolute Gasteiger partial charge is 0.392 e. The molecule has 0 saturated carbocycles. The van der Waals surface area contributed by atoms with Gasteiger partial charge in [0.1, 0.15) is 5.82 Å². The number of aliphatic hydroxyl groups is 1. The first-order chi connectivity index (χ1) is 8.22. The van der Waals surface area contributed by atoms with Crippen molar-refractivity contribution < 1.29 is 5.11 Å². The first-order valence-corrected chi connectivity index (χ1v) is 7.02. The van der Waals surface area contributed by atoms with Gasteiger partial charge in [-0.05, 0) is 41.7 Å². The second kappa shape index (κ2) is 5.62. The zero-order chi connectivity index (χ0) is 12.3. The maximum Gasteiger partial charge on any atom is 0.174 e. The molecule has 1 N–H and O–H groups in total. The SMILES string of the molecule is CCc1nsc(Sc2ccc(CO)c(C)c2)n1.